The highest BCUT2D eigenvalue weighted by atomic mass is 35.5. The molecular formula is C24H20ClF2N5O6. The van der Waals surface area contributed by atoms with Crippen LogP contribution in [0.1, 0.15) is 27.1 Å². The number of aromatic nitrogens is 1. The Hall–Kier alpha value is -4.36. The van der Waals surface area contributed by atoms with Gasteiger partial charge in [0.2, 0.25) is 0 Å². The second kappa shape index (κ2) is 10.9. The number of carbonyl (C=O) groups is 2. The van der Waals surface area contributed by atoms with E-state index < -0.39 is 28.4 Å². The van der Waals surface area contributed by atoms with Gasteiger partial charge in [-0.1, -0.05) is 0 Å². The SMILES string of the molecule is O=C(Nc1ccc(OC(F)(F)Cl)cc1)c1cnc(N2CCC(O)C2)c(NC(=O)c2ccc([N+](=O)[O-])cc2)c1. The molecular weight excluding hydrogens is 528 g/mol. The summed E-state index contributed by atoms with van der Waals surface area (Å²) in [5.74, 6) is -1.07. The second-order valence-electron chi connectivity index (χ2n) is 8.27. The number of carbonyl (C=O) groups excluding carboxylic acids is 2. The molecule has 1 aromatic heterocycles. The van der Waals surface area contributed by atoms with E-state index >= 15 is 0 Å². The summed E-state index contributed by atoms with van der Waals surface area (Å²) in [7, 11) is 0. The normalized spacial score (nSPS) is 15.2. The van der Waals surface area contributed by atoms with Crippen LogP contribution < -0.4 is 20.3 Å². The Balaban J connectivity index is 1.55. The van der Waals surface area contributed by atoms with Gasteiger partial charge in [-0.05, 0) is 48.9 Å². The number of aliphatic hydroxyl groups excluding tert-OH is 1. The molecule has 2 aromatic carbocycles. The molecule has 2 amide bonds. The Labute approximate surface area is 219 Å². The Morgan fingerprint density at radius 1 is 1.11 bits per heavy atom. The summed E-state index contributed by atoms with van der Waals surface area (Å²) in [6, 6.07) is 11.4. The third-order valence-corrected chi connectivity index (χ3v) is 5.60. The Bertz CT molecular complexity index is 1350. The highest BCUT2D eigenvalue weighted by Gasteiger charge is 2.28. The second-order valence-corrected chi connectivity index (χ2v) is 8.71. The van der Waals surface area contributed by atoms with Crippen molar-refractivity contribution in [2.45, 2.75) is 18.1 Å². The van der Waals surface area contributed by atoms with Crippen LogP contribution in [0.4, 0.5) is 31.7 Å². The zero-order valence-electron chi connectivity index (χ0n) is 19.4. The van der Waals surface area contributed by atoms with Gasteiger partial charge in [-0.2, -0.15) is 0 Å². The number of halogens is 3. The van der Waals surface area contributed by atoms with Gasteiger partial charge in [-0.25, -0.2) is 4.98 Å². The molecule has 3 aromatic rings. The molecule has 1 aliphatic heterocycles. The average molecular weight is 548 g/mol. The van der Waals surface area contributed by atoms with Crippen molar-refractivity contribution in [3.05, 3.63) is 82.0 Å². The number of nitro groups is 1. The van der Waals surface area contributed by atoms with E-state index in [1.807, 2.05) is 0 Å². The van der Waals surface area contributed by atoms with Crippen LogP contribution >= 0.6 is 11.6 Å². The maximum Gasteiger partial charge on any atom is 0.487 e. The van der Waals surface area contributed by atoms with E-state index in [-0.39, 0.29) is 40.5 Å². The largest absolute Gasteiger partial charge is 0.487 e. The number of ether oxygens (including phenoxy) is 1. The molecule has 1 unspecified atom stereocenters. The number of hydrogen-bond donors (Lipinski definition) is 3. The smallest absolute Gasteiger partial charge is 0.420 e. The number of alkyl halides is 3. The first-order valence-corrected chi connectivity index (χ1v) is 11.5. The molecule has 1 aliphatic rings. The van der Waals surface area contributed by atoms with E-state index in [4.69, 9.17) is 11.6 Å². The van der Waals surface area contributed by atoms with Crippen LogP contribution in [0.3, 0.4) is 0 Å². The first kappa shape index (κ1) is 26.7. The Morgan fingerprint density at radius 3 is 2.34 bits per heavy atom. The van der Waals surface area contributed by atoms with E-state index in [9.17, 15) is 33.6 Å². The third kappa shape index (κ3) is 6.69. The maximum atomic E-state index is 12.9. The number of non-ortho nitro benzene ring substituents is 1. The summed E-state index contributed by atoms with van der Waals surface area (Å²) < 4.78 is 29.8. The lowest BCUT2D eigenvalue weighted by Gasteiger charge is -2.21. The number of nitrogens with one attached hydrogen (secondary N) is 2. The molecule has 0 aliphatic carbocycles. The molecule has 0 radical (unpaired) electrons. The number of pyridine rings is 1. The van der Waals surface area contributed by atoms with E-state index in [1.54, 1.807) is 4.90 Å². The van der Waals surface area contributed by atoms with Crippen molar-refractivity contribution in [3.8, 4) is 5.75 Å². The quantitative estimate of drug-likeness (QED) is 0.216. The molecule has 1 saturated heterocycles. The number of aliphatic hydroxyl groups is 1. The summed E-state index contributed by atoms with van der Waals surface area (Å²) in [6.07, 6.45) is 1.21. The van der Waals surface area contributed by atoms with Gasteiger partial charge in [0.05, 0.1) is 22.3 Å². The van der Waals surface area contributed by atoms with Crippen molar-refractivity contribution in [1.29, 1.82) is 0 Å². The molecule has 198 valence electrons. The van der Waals surface area contributed by atoms with Gasteiger partial charge in [-0.3, -0.25) is 19.7 Å². The van der Waals surface area contributed by atoms with Crippen molar-refractivity contribution in [2.24, 2.45) is 0 Å². The van der Waals surface area contributed by atoms with Gasteiger partial charge >= 0.3 is 5.57 Å². The number of rotatable bonds is 8. The Kier molecular flexibility index (Phi) is 7.69. The molecule has 1 fully saturated rings. The van der Waals surface area contributed by atoms with Crippen LogP contribution in [0.5, 0.6) is 5.75 Å². The predicted octanol–water partition coefficient (Wildman–Crippen LogP) is 4.23. The molecule has 11 nitrogen and oxygen atoms in total. The summed E-state index contributed by atoms with van der Waals surface area (Å²) >= 11 is 4.74. The minimum absolute atomic E-state index is 0.0695. The van der Waals surface area contributed by atoms with Crippen LogP contribution in [0.15, 0.2) is 60.8 Å². The fraction of sp³-hybridized carbons (Fsp3) is 0.208. The lowest BCUT2D eigenvalue weighted by atomic mass is 10.1. The topological polar surface area (TPSA) is 147 Å². The fourth-order valence-corrected chi connectivity index (χ4v) is 3.82. The highest BCUT2D eigenvalue weighted by Crippen LogP contribution is 2.29. The standard InChI is InChI=1S/C24H20ClF2N5O6/c25-24(26,27)38-19-7-3-16(4-8-19)29-23(35)15-11-20(21(28-12-15)31-10-9-18(33)13-31)30-22(34)14-1-5-17(6-2-14)32(36)37/h1-8,11-12,18,33H,9-10,13H2,(H,29,35)(H,30,34). The van der Waals surface area contributed by atoms with Crippen LogP contribution in [0, 0.1) is 10.1 Å². The summed E-state index contributed by atoms with van der Waals surface area (Å²) in [5, 5.41) is 26.1. The van der Waals surface area contributed by atoms with Crippen LogP contribution in [0.2, 0.25) is 0 Å². The van der Waals surface area contributed by atoms with E-state index in [0.29, 0.717) is 18.8 Å². The fourth-order valence-electron chi connectivity index (χ4n) is 3.73. The molecule has 4 rings (SSSR count). The highest BCUT2D eigenvalue weighted by molar-refractivity contribution is 6.20. The van der Waals surface area contributed by atoms with Crippen molar-refractivity contribution < 1.29 is 33.1 Å². The summed E-state index contributed by atoms with van der Waals surface area (Å²) in [6.45, 7) is 0.741. The van der Waals surface area contributed by atoms with E-state index in [2.05, 4.69) is 20.4 Å². The first-order chi connectivity index (χ1) is 18.0. The first-order valence-electron chi connectivity index (χ1n) is 11.1. The number of anilines is 3. The van der Waals surface area contributed by atoms with E-state index in [1.165, 1.54) is 60.8 Å². The van der Waals surface area contributed by atoms with E-state index in [0.717, 1.165) is 0 Å². The number of benzene rings is 2. The molecule has 2 heterocycles. The van der Waals surface area contributed by atoms with Crippen LogP contribution in [0.25, 0.3) is 0 Å². The minimum atomic E-state index is -3.88. The maximum absolute atomic E-state index is 12.9. The van der Waals surface area contributed by atoms with Gasteiger partial charge in [0.25, 0.3) is 17.5 Å². The van der Waals surface area contributed by atoms with Crippen LogP contribution in [-0.2, 0) is 0 Å². The monoisotopic (exact) mass is 547 g/mol. The van der Waals surface area contributed by atoms with Crippen molar-refractivity contribution in [1.82, 2.24) is 4.98 Å². The molecule has 3 N–H and O–H groups in total. The van der Waals surface area contributed by atoms with Gasteiger partial charge in [-0.15, -0.1) is 8.78 Å². The van der Waals surface area contributed by atoms with Crippen molar-refractivity contribution in [2.75, 3.05) is 28.6 Å². The van der Waals surface area contributed by atoms with Crippen molar-refractivity contribution >= 4 is 46.3 Å². The Morgan fingerprint density at radius 2 is 1.76 bits per heavy atom. The number of β-amino-alcohol motifs (C(OH)–C–C–N with tert-alkyl or cyclic N) is 1. The predicted molar refractivity (Wildman–Crippen MR) is 134 cm³/mol. The molecule has 1 atom stereocenters. The van der Waals surface area contributed by atoms with Crippen LogP contribution in [-0.4, -0.2) is 51.6 Å². The molecule has 14 heteroatoms. The molecule has 0 saturated carbocycles. The van der Waals surface area contributed by atoms with Gasteiger partial charge in [0, 0.05) is 54.3 Å². The minimum Gasteiger partial charge on any atom is -0.420 e. The molecule has 0 bridgehead atoms. The summed E-state index contributed by atoms with van der Waals surface area (Å²) in [4.78, 5) is 42.1. The molecule has 38 heavy (non-hydrogen) atoms. The lowest BCUT2D eigenvalue weighted by molar-refractivity contribution is -0.384. The van der Waals surface area contributed by atoms with Gasteiger partial charge in [0.15, 0.2) is 5.82 Å². The number of amides is 2. The summed E-state index contributed by atoms with van der Waals surface area (Å²) in [5.41, 5.74) is -3.39. The van der Waals surface area contributed by atoms with Crippen molar-refractivity contribution in [3.63, 3.8) is 0 Å². The zero-order valence-corrected chi connectivity index (χ0v) is 20.2. The third-order valence-electron chi connectivity index (χ3n) is 5.53. The zero-order chi connectivity index (χ0) is 27.4. The number of nitrogens with zero attached hydrogens (tertiary/aromatic N) is 3. The molecule has 0 spiro atoms. The lowest BCUT2D eigenvalue weighted by Crippen LogP contribution is -2.25. The number of nitro benzene ring substituents is 1. The van der Waals surface area contributed by atoms with Gasteiger partial charge < -0.3 is 25.4 Å². The average Bonchev–Trinajstić information content (AvgIpc) is 3.30. The van der Waals surface area contributed by atoms with Gasteiger partial charge in [0.1, 0.15) is 5.75 Å². The number of hydrogen-bond acceptors (Lipinski definition) is 8.